The summed E-state index contributed by atoms with van der Waals surface area (Å²) in [5, 5.41) is 0. The summed E-state index contributed by atoms with van der Waals surface area (Å²) in [7, 11) is 0. The van der Waals surface area contributed by atoms with Crippen molar-refractivity contribution in [2.45, 2.75) is 94.9 Å². The maximum Gasteiger partial charge on any atom is -0.0152 e. The van der Waals surface area contributed by atoms with E-state index < -0.39 is 0 Å². The van der Waals surface area contributed by atoms with E-state index in [0.717, 1.165) is 0 Å². The molecule has 0 amide bonds. The van der Waals surface area contributed by atoms with Crippen LogP contribution in [0, 0.1) is 27.7 Å². The first-order valence-electron chi connectivity index (χ1n) is 15.2. The fraction of sp³-hybridized carbons (Fsp3) is 0.350. The highest BCUT2D eigenvalue weighted by molar-refractivity contribution is 5.70. The van der Waals surface area contributed by atoms with Gasteiger partial charge in [0, 0.05) is 0 Å². The molecule has 0 atom stereocenters. The molecule has 0 heteroatoms. The lowest BCUT2D eigenvalue weighted by Crippen LogP contribution is -1.85. The fourth-order valence-electron chi connectivity index (χ4n) is 3.85. The van der Waals surface area contributed by atoms with E-state index in [4.69, 9.17) is 0 Å². The van der Waals surface area contributed by atoms with Crippen LogP contribution in [-0.2, 0) is 0 Å². The van der Waals surface area contributed by atoms with Gasteiger partial charge in [-0.3, -0.25) is 0 Å². The van der Waals surface area contributed by atoms with Crippen molar-refractivity contribution < 1.29 is 0 Å². The van der Waals surface area contributed by atoms with E-state index in [1.54, 1.807) is 0 Å². The molecule has 5 rings (SSSR count). The second kappa shape index (κ2) is 23.5. The highest BCUT2D eigenvalue weighted by atomic mass is 14.1. The van der Waals surface area contributed by atoms with Crippen LogP contribution in [0.4, 0.5) is 0 Å². The lowest BCUT2D eigenvalue weighted by molar-refractivity contribution is 0.962. The molecule has 0 aliphatic heterocycles. The molecule has 0 bridgehead atoms. The van der Waals surface area contributed by atoms with Gasteiger partial charge >= 0.3 is 0 Å². The van der Waals surface area contributed by atoms with Crippen LogP contribution in [0.5, 0.6) is 0 Å². The first-order valence-corrected chi connectivity index (χ1v) is 15.2. The summed E-state index contributed by atoms with van der Waals surface area (Å²) in [5.41, 5.74) is 10.9. The average molecular weight is 537 g/mol. The smallest absolute Gasteiger partial charge is 0.0152 e. The quantitative estimate of drug-likeness (QED) is 0.290. The molecule has 0 spiro atoms. The van der Waals surface area contributed by atoms with Gasteiger partial charge < -0.3 is 0 Å². The van der Waals surface area contributed by atoms with E-state index in [9.17, 15) is 0 Å². The molecule has 0 heterocycles. The third-order valence-electron chi connectivity index (χ3n) is 6.20. The average Bonchev–Trinajstić information content (AvgIpc) is 2.99. The Balaban J connectivity index is 0.000000508. The van der Waals surface area contributed by atoms with Gasteiger partial charge in [0.15, 0.2) is 0 Å². The molecule has 0 saturated heterocycles. The van der Waals surface area contributed by atoms with Crippen LogP contribution in [0.25, 0.3) is 11.1 Å². The van der Waals surface area contributed by atoms with Gasteiger partial charge in [-0.1, -0.05) is 159 Å². The summed E-state index contributed by atoms with van der Waals surface area (Å²) in [4.78, 5) is 0. The van der Waals surface area contributed by atoms with Crippen molar-refractivity contribution in [1.82, 2.24) is 0 Å². The molecule has 0 radical (unpaired) electrons. The van der Waals surface area contributed by atoms with Crippen molar-refractivity contribution in [3.05, 3.63) is 143 Å². The minimum absolute atomic E-state index is 1.23. The van der Waals surface area contributed by atoms with E-state index in [0.29, 0.717) is 0 Å². The van der Waals surface area contributed by atoms with Gasteiger partial charge in [0.2, 0.25) is 0 Å². The van der Waals surface area contributed by atoms with E-state index >= 15 is 0 Å². The van der Waals surface area contributed by atoms with Gasteiger partial charge in [-0.05, 0) is 89.5 Å². The Labute approximate surface area is 248 Å². The molecule has 40 heavy (non-hydrogen) atoms. The van der Waals surface area contributed by atoms with Gasteiger partial charge in [0.1, 0.15) is 0 Å². The highest BCUT2D eigenvalue weighted by Crippen LogP contribution is 2.25. The van der Waals surface area contributed by atoms with Crippen LogP contribution in [0.1, 0.15) is 89.5 Å². The van der Waals surface area contributed by atoms with Gasteiger partial charge in [-0.25, -0.2) is 0 Å². The molecule has 216 valence electrons. The van der Waals surface area contributed by atoms with E-state index in [-0.39, 0.29) is 0 Å². The van der Waals surface area contributed by atoms with Crippen LogP contribution < -0.4 is 0 Å². The Kier molecular flexibility index (Phi) is 21.5. The SMILES string of the molecule is CC.CC.CC1=CC=CCC1.CC1=CCCC=C1.Cc1ccc(C)cc1.Cc1ccccc1-c1ccccc1C. The Morgan fingerprint density at radius 1 is 0.500 bits per heavy atom. The predicted molar refractivity (Wildman–Crippen MR) is 184 cm³/mol. The Morgan fingerprint density at radius 2 is 0.975 bits per heavy atom. The first kappa shape index (κ1) is 36.6. The summed E-state index contributed by atoms with van der Waals surface area (Å²) in [6.45, 7) is 20.8. The van der Waals surface area contributed by atoms with Crippen molar-refractivity contribution in [3.63, 3.8) is 0 Å². The maximum absolute atomic E-state index is 2.26. The molecule has 3 aromatic carbocycles. The normalized spacial score (nSPS) is 12.4. The monoisotopic (exact) mass is 536 g/mol. The second-order valence-corrected chi connectivity index (χ2v) is 9.69. The number of aryl methyl sites for hydroxylation is 4. The molecule has 0 aromatic heterocycles. The lowest BCUT2D eigenvalue weighted by atomic mass is 9.97. The van der Waals surface area contributed by atoms with E-state index in [1.807, 2.05) is 27.7 Å². The van der Waals surface area contributed by atoms with Crippen LogP contribution in [0.15, 0.2) is 120 Å². The second-order valence-electron chi connectivity index (χ2n) is 9.69. The number of rotatable bonds is 1. The van der Waals surface area contributed by atoms with Crippen molar-refractivity contribution >= 4 is 0 Å². The van der Waals surface area contributed by atoms with E-state index in [1.165, 1.54) is 70.2 Å². The molecule has 2 aliphatic carbocycles. The molecular weight excluding hydrogens is 480 g/mol. The number of hydrogen-bond donors (Lipinski definition) is 0. The molecule has 0 unspecified atom stereocenters. The summed E-state index contributed by atoms with van der Waals surface area (Å²) in [6.07, 6.45) is 18.1. The lowest BCUT2D eigenvalue weighted by Gasteiger charge is -2.08. The number of allylic oxidation sites excluding steroid dienone is 8. The molecule has 0 nitrogen and oxygen atoms in total. The fourth-order valence-corrected chi connectivity index (χ4v) is 3.85. The first-order chi connectivity index (χ1) is 19.4. The molecule has 0 N–H and O–H groups in total. The molecular formula is C40H56. The van der Waals surface area contributed by atoms with Crippen molar-refractivity contribution in [1.29, 1.82) is 0 Å². The summed E-state index contributed by atoms with van der Waals surface area (Å²) < 4.78 is 0. The Morgan fingerprint density at radius 3 is 1.25 bits per heavy atom. The van der Waals surface area contributed by atoms with Crippen LogP contribution in [0.3, 0.4) is 0 Å². The predicted octanol–water partition coefficient (Wildman–Crippen LogP) is 12.9. The third kappa shape index (κ3) is 16.6. The van der Waals surface area contributed by atoms with Gasteiger partial charge in [0.25, 0.3) is 0 Å². The zero-order valence-corrected chi connectivity index (χ0v) is 27.2. The van der Waals surface area contributed by atoms with Crippen molar-refractivity contribution in [2.75, 3.05) is 0 Å². The molecule has 3 aromatic rings. The minimum atomic E-state index is 1.23. The number of hydrogen-bond acceptors (Lipinski definition) is 0. The summed E-state index contributed by atoms with van der Waals surface area (Å²) in [5.74, 6) is 0. The van der Waals surface area contributed by atoms with Crippen molar-refractivity contribution in [3.8, 4) is 11.1 Å². The largest absolute Gasteiger partial charge is 0.0842 e. The van der Waals surface area contributed by atoms with Gasteiger partial charge in [0.05, 0.1) is 0 Å². The van der Waals surface area contributed by atoms with E-state index in [2.05, 4.69) is 151 Å². The van der Waals surface area contributed by atoms with Crippen LogP contribution >= 0.6 is 0 Å². The molecule has 0 fully saturated rings. The topological polar surface area (TPSA) is 0 Å². The number of benzene rings is 3. The Hall–Kier alpha value is -3.38. The van der Waals surface area contributed by atoms with Crippen LogP contribution in [-0.4, -0.2) is 0 Å². The minimum Gasteiger partial charge on any atom is -0.0842 e. The summed E-state index contributed by atoms with van der Waals surface area (Å²) >= 11 is 0. The Bertz CT molecular complexity index is 1100. The molecule has 0 saturated carbocycles. The molecule has 2 aliphatic rings. The van der Waals surface area contributed by atoms with Gasteiger partial charge in [-0.15, -0.1) is 0 Å². The maximum atomic E-state index is 2.26. The van der Waals surface area contributed by atoms with Crippen LogP contribution in [0.2, 0.25) is 0 Å². The third-order valence-corrected chi connectivity index (χ3v) is 6.20. The zero-order valence-electron chi connectivity index (χ0n) is 27.2. The zero-order chi connectivity index (χ0) is 30.2. The summed E-state index contributed by atoms with van der Waals surface area (Å²) in [6, 6.07) is 25.5. The van der Waals surface area contributed by atoms with Gasteiger partial charge in [-0.2, -0.15) is 0 Å². The highest BCUT2D eigenvalue weighted by Gasteiger charge is 2.02. The van der Waals surface area contributed by atoms with Crippen molar-refractivity contribution in [2.24, 2.45) is 0 Å². The standard InChI is InChI=1S/C14H14.C8H10.2C7H10.2C2H6/c1-11-7-3-5-9-13(11)14-10-6-4-8-12(14)2;1-7-3-5-8(2)6-4-7;2*1-7-5-3-2-4-6-7;2*1-2/h3-10H,1-2H3;3-6H,1-2H3;3,5-6H,2,4H2,1H3;2-3,5H,4,6H2,1H3;2*1-2H3.